The van der Waals surface area contributed by atoms with Gasteiger partial charge in [0.1, 0.15) is 11.6 Å². The summed E-state index contributed by atoms with van der Waals surface area (Å²) in [6.07, 6.45) is 9.04. The van der Waals surface area contributed by atoms with Crippen LogP contribution in [0, 0.1) is 11.7 Å². The van der Waals surface area contributed by atoms with Gasteiger partial charge < -0.3 is 5.32 Å². The molecule has 1 saturated carbocycles. The molecule has 0 atom stereocenters. The van der Waals surface area contributed by atoms with E-state index in [0.717, 1.165) is 31.4 Å². The number of anilines is 1. The van der Waals surface area contributed by atoms with Crippen molar-refractivity contribution in [3.05, 3.63) is 71.8 Å². The van der Waals surface area contributed by atoms with Crippen LogP contribution in [0.4, 0.5) is 10.1 Å². The van der Waals surface area contributed by atoms with Crippen LogP contribution in [0.1, 0.15) is 80.2 Å². The number of rotatable bonds is 5. The topological polar surface area (TPSA) is 67.8 Å². The molecule has 0 unspecified atom stereocenters. The van der Waals surface area contributed by atoms with Gasteiger partial charge in [-0.05, 0) is 30.9 Å². The van der Waals surface area contributed by atoms with E-state index in [1.54, 1.807) is 42.9 Å². The Kier molecular flexibility index (Phi) is 6.58. The molecule has 1 aromatic carbocycles. The summed E-state index contributed by atoms with van der Waals surface area (Å²) in [7, 11) is 0. The van der Waals surface area contributed by atoms with Gasteiger partial charge >= 0.3 is 0 Å². The number of halogens is 1. The summed E-state index contributed by atoms with van der Waals surface area (Å²) < 4.78 is 14.7. The fourth-order valence-electron chi connectivity index (χ4n) is 4.30. The maximum atomic E-state index is 14.7. The molecule has 1 fully saturated rings. The van der Waals surface area contributed by atoms with E-state index in [1.165, 1.54) is 6.07 Å². The molecule has 6 heteroatoms. The van der Waals surface area contributed by atoms with Crippen molar-refractivity contribution in [2.75, 3.05) is 5.32 Å². The molecule has 0 aliphatic heterocycles. The van der Waals surface area contributed by atoms with E-state index < -0.39 is 0 Å². The Hall–Kier alpha value is -3.15. The highest BCUT2D eigenvalue weighted by atomic mass is 19.1. The van der Waals surface area contributed by atoms with Crippen molar-refractivity contribution in [2.24, 2.45) is 5.92 Å². The van der Waals surface area contributed by atoms with E-state index in [0.29, 0.717) is 34.1 Å². The van der Waals surface area contributed by atoms with E-state index in [2.05, 4.69) is 27.2 Å². The molecule has 2 aromatic heterocycles. The number of amides is 1. The second-order valence-electron chi connectivity index (χ2n) is 8.99. The molecule has 1 amide bonds. The van der Waals surface area contributed by atoms with Crippen LogP contribution in [-0.4, -0.2) is 20.9 Å². The molecule has 0 bridgehead atoms. The lowest BCUT2D eigenvalue weighted by molar-refractivity contribution is 0.102. The summed E-state index contributed by atoms with van der Waals surface area (Å²) in [4.78, 5) is 26.4. The fourth-order valence-corrected chi connectivity index (χ4v) is 4.30. The van der Waals surface area contributed by atoms with Gasteiger partial charge in [-0.2, -0.15) is 0 Å². The van der Waals surface area contributed by atoms with Crippen LogP contribution < -0.4 is 5.32 Å². The summed E-state index contributed by atoms with van der Waals surface area (Å²) in [6.45, 7) is 6.27. The smallest absolute Gasteiger partial charge is 0.258 e. The molecular formula is C26H29FN4O. The van der Waals surface area contributed by atoms with Gasteiger partial charge in [-0.3, -0.25) is 9.78 Å². The summed E-state index contributed by atoms with van der Waals surface area (Å²) in [6, 6.07) is 8.39. The average Bonchev–Trinajstić information content (AvgIpc) is 2.80. The molecule has 1 aliphatic rings. The third-order valence-electron chi connectivity index (χ3n) is 6.24. The van der Waals surface area contributed by atoms with Crippen molar-refractivity contribution in [3.8, 4) is 11.1 Å². The van der Waals surface area contributed by atoms with Crippen LogP contribution in [0.15, 0.2) is 48.9 Å². The molecule has 2 heterocycles. The van der Waals surface area contributed by atoms with Gasteiger partial charge in [0.05, 0.1) is 16.9 Å². The summed E-state index contributed by atoms with van der Waals surface area (Å²) in [5.41, 5.74) is 2.85. The highest BCUT2D eigenvalue weighted by molar-refractivity contribution is 6.06. The summed E-state index contributed by atoms with van der Waals surface area (Å²) >= 11 is 0. The Balaban J connectivity index is 1.73. The predicted molar refractivity (Wildman–Crippen MR) is 124 cm³/mol. The zero-order chi connectivity index (χ0) is 22.7. The number of pyridine rings is 1. The Bertz CT molecular complexity index is 1090. The molecule has 5 nitrogen and oxygen atoms in total. The second kappa shape index (κ2) is 9.55. The molecule has 0 radical (unpaired) electrons. The number of carbonyl (C=O) groups is 1. The maximum Gasteiger partial charge on any atom is 0.258 e. The second-order valence-corrected chi connectivity index (χ2v) is 8.99. The molecule has 0 saturated heterocycles. The van der Waals surface area contributed by atoms with Gasteiger partial charge in [0.25, 0.3) is 5.91 Å². The van der Waals surface area contributed by atoms with Crippen LogP contribution in [0.3, 0.4) is 0 Å². The van der Waals surface area contributed by atoms with Gasteiger partial charge in [-0.1, -0.05) is 51.8 Å². The van der Waals surface area contributed by atoms with Crippen LogP contribution in [0.25, 0.3) is 11.1 Å². The van der Waals surface area contributed by atoms with Crippen LogP contribution in [0.2, 0.25) is 0 Å². The van der Waals surface area contributed by atoms with Crippen LogP contribution in [0.5, 0.6) is 0 Å². The van der Waals surface area contributed by atoms with Crippen molar-refractivity contribution >= 4 is 11.6 Å². The van der Waals surface area contributed by atoms with Crippen molar-refractivity contribution in [2.45, 2.75) is 58.3 Å². The Morgan fingerprint density at radius 1 is 1.00 bits per heavy atom. The standard InChI is InChI=1S/C26H29FN4O/c1-16(2)25-29-14-19(15-30-25)26(32)31-24-21(20-6-4-5-7-22(20)27)12-13-28-23(24)18-10-8-17(3)9-11-18/h4-7,12-18H,8-11H2,1-3H3,(H,31,32). The van der Waals surface area contributed by atoms with Gasteiger partial charge in [0.2, 0.25) is 0 Å². The molecule has 3 aromatic rings. The minimum Gasteiger partial charge on any atom is -0.320 e. The zero-order valence-electron chi connectivity index (χ0n) is 18.8. The first-order valence-electron chi connectivity index (χ1n) is 11.3. The number of carbonyl (C=O) groups excluding carboxylic acids is 1. The molecule has 0 spiro atoms. The SMILES string of the molecule is CC1CCC(c2nccc(-c3ccccc3F)c2NC(=O)c2cnc(C(C)C)nc2)CC1. The first-order chi connectivity index (χ1) is 15.4. The van der Waals surface area contributed by atoms with Gasteiger partial charge in [-0.15, -0.1) is 0 Å². The number of nitrogens with one attached hydrogen (secondary N) is 1. The summed E-state index contributed by atoms with van der Waals surface area (Å²) in [5.74, 6) is 1.13. The minimum atomic E-state index is -0.331. The minimum absolute atomic E-state index is 0.179. The van der Waals surface area contributed by atoms with Gasteiger partial charge in [-0.25, -0.2) is 14.4 Å². The highest BCUT2D eigenvalue weighted by Gasteiger charge is 2.26. The average molecular weight is 433 g/mol. The third-order valence-corrected chi connectivity index (χ3v) is 6.24. The van der Waals surface area contributed by atoms with E-state index in [1.807, 2.05) is 13.8 Å². The van der Waals surface area contributed by atoms with E-state index in [9.17, 15) is 9.18 Å². The van der Waals surface area contributed by atoms with Crippen LogP contribution in [-0.2, 0) is 0 Å². The molecule has 1 aliphatic carbocycles. The number of aromatic nitrogens is 3. The van der Waals surface area contributed by atoms with E-state index in [-0.39, 0.29) is 23.6 Å². The van der Waals surface area contributed by atoms with Crippen molar-refractivity contribution < 1.29 is 9.18 Å². The first kappa shape index (κ1) is 22.1. The lowest BCUT2D eigenvalue weighted by Gasteiger charge is -2.28. The monoisotopic (exact) mass is 432 g/mol. The van der Waals surface area contributed by atoms with Crippen molar-refractivity contribution in [1.29, 1.82) is 0 Å². The van der Waals surface area contributed by atoms with Crippen molar-refractivity contribution in [1.82, 2.24) is 15.0 Å². The molecule has 32 heavy (non-hydrogen) atoms. The Morgan fingerprint density at radius 3 is 2.34 bits per heavy atom. The fraction of sp³-hybridized carbons (Fsp3) is 0.385. The van der Waals surface area contributed by atoms with E-state index >= 15 is 0 Å². The molecule has 1 N–H and O–H groups in total. The Labute approximate surface area is 188 Å². The van der Waals surface area contributed by atoms with E-state index in [4.69, 9.17) is 0 Å². The zero-order valence-corrected chi connectivity index (χ0v) is 18.8. The van der Waals surface area contributed by atoms with Crippen LogP contribution >= 0.6 is 0 Å². The maximum absolute atomic E-state index is 14.7. The predicted octanol–water partition coefficient (Wildman–Crippen LogP) is 6.35. The third kappa shape index (κ3) is 4.69. The molecule has 166 valence electrons. The summed E-state index contributed by atoms with van der Waals surface area (Å²) in [5, 5.41) is 3.03. The Morgan fingerprint density at radius 2 is 1.69 bits per heavy atom. The molecular weight excluding hydrogens is 403 g/mol. The number of hydrogen-bond donors (Lipinski definition) is 1. The molecule has 4 rings (SSSR count). The highest BCUT2D eigenvalue weighted by Crippen LogP contribution is 2.41. The first-order valence-corrected chi connectivity index (χ1v) is 11.3. The lowest BCUT2D eigenvalue weighted by atomic mass is 9.80. The lowest BCUT2D eigenvalue weighted by Crippen LogP contribution is -2.19. The number of nitrogens with zero attached hydrogens (tertiary/aromatic N) is 3. The number of benzene rings is 1. The van der Waals surface area contributed by atoms with Crippen molar-refractivity contribution in [3.63, 3.8) is 0 Å². The normalized spacial score (nSPS) is 18.5. The largest absolute Gasteiger partial charge is 0.320 e. The van der Waals surface area contributed by atoms with Gasteiger partial charge in [0, 0.05) is 41.6 Å². The quantitative estimate of drug-likeness (QED) is 0.510. The van der Waals surface area contributed by atoms with Gasteiger partial charge in [0.15, 0.2) is 0 Å². The number of hydrogen-bond acceptors (Lipinski definition) is 4.